The van der Waals surface area contributed by atoms with Gasteiger partial charge in [-0.2, -0.15) is 0 Å². The zero-order valence-electron chi connectivity index (χ0n) is 9.00. The Bertz CT molecular complexity index is 381. The number of hydrogen-bond acceptors (Lipinski definition) is 2. The van der Waals surface area contributed by atoms with E-state index in [1.165, 1.54) is 0 Å². The van der Waals surface area contributed by atoms with Gasteiger partial charge in [0.15, 0.2) is 0 Å². The number of halogens is 1. The second kappa shape index (κ2) is 5.34. The van der Waals surface area contributed by atoms with Crippen LogP contribution in [0.1, 0.15) is 19.3 Å². The van der Waals surface area contributed by atoms with Crippen LogP contribution in [0.3, 0.4) is 0 Å². The summed E-state index contributed by atoms with van der Waals surface area (Å²) >= 11 is 3.43. The quantitative estimate of drug-likeness (QED) is 0.875. The molecule has 0 radical (unpaired) electrons. The highest BCUT2D eigenvalue weighted by Gasteiger charge is 2.16. The van der Waals surface area contributed by atoms with Crippen LogP contribution in [0, 0.1) is 0 Å². The molecule has 1 aliphatic heterocycles. The molecule has 4 heteroatoms. The molecule has 0 aliphatic carbocycles. The summed E-state index contributed by atoms with van der Waals surface area (Å²) in [5.41, 5.74) is 1.06. The predicted octanol–water partition coefficient (Wildman–Crippen LogP) is 2.53. The Labute approximate surface area is 104 Å². The molecule has 0 saturated carbocycles. The Morgan fingerprint density at radius 2 is 2.31 bits per heavy atom. The topological polar surface area (TPSA) is 41.1 Å². The molecule has 86 valence electrons. The molecule has 1 atom stereocenters. The van der Waals surface area contributed by atoms with E-state index < -0.39 is 0 Å². The van der Waals surface area contributed by atoms with Crippen molar-refractivity contribution in [1.82, 2.24) is 5.32 Å². The van der Waals surface area contributed by atoms with Crippen LogP contribution >= 0.6 is 15.9 Å². The third-order valence-electron chi connectivity index (χ3n) is 2.68. The monoisotopic (exact) mass is 282 g/mol. The Morgan fingerprint density at radius 3 is 3.12 bits per heavy atom. The lowest BCUT2D eigenvalue weighted by Crippen LogP contribution is -2.26. The fraction of sp³-hybridized carbons (Fsp3) is 0.417. The minimum atomic E-state index is 0.144. The van der Waals surface area contributed by atoms with Crippen LogP contribution in [0.2, 0.25) is 0 Å². The molecule has 1 amide bonds. The van der Waals surface area contributed by atoms with Gasteiger partial charge in [0.1, 0.15) is 0 Å². The van der Waals surface area contributed by atoms with Gasteiger partial charge in [-0.05, 0) is 31.0 Å². The summed E-state index contributed by atoms with van der Waals surface area (Å²) in [4.78, 5) is 11.4. The minimum absolute atomic E-state index is 0.144. The van der Waals surface area contributed by atoms with E-state index in [4.69, 9.17) is 0 Å². The Morgan fingerprint density at radius 1 is 1.44 bits per heavy atom. The summed E-state index contributed by atoms with van der Waals surface area (Å²) in [6.07, 6.45) is 2.63. The molecule has 2 rings (SSSR count). The van der Waals surface area contributed by atoms with Crippen LogP contribution in [0.4, 0.5) is 5.69 Å². The van der Waals surface area contributed by atoms with Crippen molar-refractivity contribution in [3.8, 4) is 0 Å². The van der Waals surface area contributed by atoms with Crippen molar-refractivity contribution in [2.24, 2.45) is 0 Å². The lowest BCUT2D eigenvalue weighted by Gasteiger charge is -2.16. The molecule has 1 aromatic rings. The molecule has 0 spiro atoms. The first-order valence-electron chi connectivity index (χ1n) is 5.53. The predicted molar refractivity (Wildman–Crippen MR) is 68.4 cm³/mol. The summed E-state index contributed by atoms with van der Waals surface area (Å²) < 4.78 is 1.05. The Kier molecular flexibility index (Phi) is 3.83. The summed E-state index contributed by atoms with van der Waals surface area (Å²) in [6.45, 7) is 0.801. The first kappa shape index (κ1) is 11.5. The molecule has 0 bridgehead atoms. The van der Waals surface area contributed by atoms with Crippen molar-refractivity contribution in [1.29, 1.82) is 0 Å². The van der Waals surface area contributed by atoms with E-state index in [1.807, 2.05) is 24.3 Å². The fourth-order valence-electron chi connectivity index (χ4n) is 1.91. The van der Waals surface area contributed by atoms with E-state index in [0.29, 0.717) is 6.42 Å². The van der Waals surface area contributed by atoms with Gasteiger partial charge in [0.05, 0.1) is 0 Å². The highest BCUT2D eigenvalue weighted by atomic mass is 79.9. The van der Waals surface area contributed by atoms with Crippen molar-refractivity contribution in [3.05, 3.63) is 28.7 Å². The zero-order chi connectivity index (χ0) is 11.4. The van der Waals surface area contributed by atoms with Gasteiger partial charge >= 0.3 is 0 Å². The van der Waals surface area contributed by atoms with E-state index in [0.717, 1.165) is 29.5 Å². The lowest BCUT2D eigenvalue weighted by atomic mass is 10.1. The lowest BCUT2D eigenvalue weighted by molar-refractivity contribution is -0.120. The van der Waals surface area contributed by atoms with Crippen molar-refractivity contribution in [2.45, 2.75) is 25.3 Å². The molecular weight excluding hydrogens is 268 g/mol. The molecular formula is C12H15BrN2O. The van der Waals surface area contributed by atoms with Crippen molar-refractivity contribution in [3.63, 3.8) is 0 Å². The van der Waals surface area contributed by atoms with Crippen LogP contribution in [0.25, 0.3) is 0 Å². The number of rotatable bonds is 2. The largest absolute Gasteiger partial charge is 0.382 e. The number of anilines is 1. The van der Waals surface area contributed by atoms with Crippen LogP contribution in [0.5, 0.6) is 0 Å². The van der Waals surface area contributed by atoms with Gasteiger partial charge in [-0.1, -0.05) is 22.0 Å². The van der Waals surface area contributed by atoms with Gasteiger partial charge in [0, 0.05) is 29.2 Å². The summed E-state index contributed by atoms with van der Waals surface area (Å²) in [5.74, 6) is 0.144. The first-order chi connectivity index (χ1) is 7.74. The van der Waals surface area contributed by atoms with Crippen molar-refractivity contribution >= 4 is 27.5 Å². The van der Waals surface area contributed by atoms with Crippen molar-refractivity contribution < 1.29 is 4.79 Å². The third kappa shape index (κ3) is 3.23. The van der Waals surface area contributed by atoms with Crippen LogP contribution < -0.4 is 10.6 Å². The van der Waals surface area contributed by atoms with Crippen molar-refractivity contribution in [2.75, 3.05) is 11.9 Å². The van der Waals surface area contributed by atoms with E-state index in [2.05, 4.69) is 26.6 Å². The van der Waals surface area contributed by atoms with E-state index in [1.54, 1.807) is 0 Å². The van der Waals surface area contributed by atoms with E-state index in [-0.39, 0.29) is 11.9 Å². The molecule has 1 saturated heterocycles. The molecule has 1 heterocycles. The molecule has 2 N–H and O–H groups in total. The van der Waals surface area contributed by atoms with Gasteiger partial charge in [0.2, 0.25) is 5.91 Å². The summed E-state index contributed by atoms with van der Waals surface area (Å²) in [5, 5.41) is 6.28. The molecule has 1 fully saturated rings. The van der Waals surface area contributed by atoms with Gasteiger partial charge < -0.3 is 10.6 Å². The number of carbonyl (C=O) groups is 1. The second-order valence-electron chi connectivity index (χ2n) is 4.05. The maximum absolute atomic E-state index is 11.4. The normalized spacial score (nSPS) is 21.1. The molecule has 1 unspecified atom stereocenters. The third-order valence-corrected chi connectivity index (χ3v) is 3.17. The average molecular weight is 283 g/mol. The van der Waals surface area contributed by atoms with Gasteiger partial charge in [-0.3, -0.25) is 4.79 Å². The van der Waals surface area contributed by atoms with Crippen LogP contribution in [0.15, 0.2) is 28.7 Å². The highest BCUT2D eigenvalue weighted by Crippen LogP contribution is 2.19. The van der Waals surface area contributed by atoms with E-state index in [9.17, 15) is 4.79 Å². The average Bonchev–Trinajstić information content (AvgIpc) is 2.43. The molecule has 3 nitrogen and oxygen atoms in total. The van der Waals surface area contributed by atoms with Crippen LogP contribution in [-0.2, 0) is 4.79 Å². The number of nitrogens with one attached hydrogen (secondary N) is 2. The van der Waals surface area contributed by atoms with E-state index >= 15 is 0 Å². The molecule has 1 aromatic carbocycles. The molecule has 1 aliphatic rings. The Hall–Kier alpha value is -1.03. The number of amides is 1. The maximum Gasteiger partial charge on any atom is 0.222 e. The summed E-state index contributed by atoms with van der Waals surface area (Å²) in [6, 6.07) is 8.28. The highest BCUT2D eigenvalue weighted by molar-refractivity contribution is 9.10. The standard InChI is InChI=1S/C12H15BrN2O/c13-9-3-1-4-10(7-9)15-11-5-2-6-14-12(16)8-11/h1,3-4,7,11,15H,2,5-6,8H2,(H,14,16). The zero-order valence-corrected chi connectivity index (χ0v) is 10.6. The van der Waals surface area contributed by atoms with Crippen LogP contribution in [-0.4, -0.2) is 18.5 Å². The first-order valence-corrected chi connectivity index (χ1v) is 6.32. The smallest absolute Gasteiger partial charge is 0.222 e. The number of carbonyl (C=O) groups excluding carboxylic acids is 1. The fourth-order valence-corrected chi connectivity index (χ4v) is 2.31. The second-order valence-corrected chi connectivity index (χ2v) is 4.96. The molecule has 0 aromatic heterocycles. The molecule has 16 heavy (non-hydrogen) atoms. The van der Waals surface area contributed by atoms with Gasteiger partial charge in [0.25, 0.3) is 0 Å². The minimum Gasteiger partial charge on any atom is -0.382 e. The van der Waals surface area contributed by atoms with Gasteiger partial charge in [-0.15, -0.1) is 0 Å². The van der Waals surface area contributed by atoms with Gasteiger partial charge in [-0.25, -0.2) is 0 Å². The summed E-state index contributed by atoms with van der Waals surface area (Å²) in [7, 11) is 0. The SMILES string of the molecule is O=C1CC(Nc2cccc(Br)c2)CCCN1. The maximum atomic E-state index is 11.4. The number of hydrogen-bond donors (Lipinski definition) is 2. The Balaban J connectivity index is 2.00. The number of benzene rings is 1.